The maximum atomic E-state index is 5.95. The molecule has 0 N–H and O–H groups in total. The van der Waals surface area contributed by atoms with Crippen molar-refractivity contribution < 1.29 is 4.74 Å². The Labute approximate surface area is 129 Å². The zero-order chi connectivity index (χ0) is 14.1. The number of aryl methyl sites for hydroxylation is 4. The summed E-state index contributed by atoms with van der Waals surface area (Å²) in [6.07, 6.45) is 3.76. The standard InChI is InChI=1S/C18H19BrO/c1-12-8-17(9-13(2)18(12)19)20-11-14-6-7-15-4-3-5-16(15)10-14/h6-10H,3-5,11H2,1-2H3. The third-order valence-electron chi connectivity index (χ3n) is 3.98. The zero-order valence-corrected chi connectivity index (χ0v) is 13.6. The number of ether oxygens (including phenoxy) is 1. The fourth-order valence-electron chi connectivity index (χ4n) is 2.87. The lowest BCUT2D eigenvalue weighted by atomic mass is 10.1. The lowest BCUT2D eigenvalue weighted by Gasteiger charge is -2.11. The van der Waals surface area contributed by atoms with Gasteiger partial charge < -0.3 is 4.74 Å². The van der Waals surface area contributed by atoms with Gasteiger partial charge in [-0.25, -0.2) is 0 Å². The Hall–Kier alpha value is -1.28. The minimum Gasteiger partial charge on any atom is -0.489 e. The molecule has 0 unspecified atom stereocenters. The predicted molar refractivity (Wildman–Crippen MR) is 86.4 cm³/mol. The Balaban J connectivity index is 1.73. The van der Waals surface area contributed by atoms with E-state index in [4.69, 9.17) is 4.74 Å². The first-order valence-electron chi connectivity index (χ1n) is 7.14. The van der Waals surface area contributed by atoms with Gasteiger partial charge in [0.25, 0.3) is 0 Å². The molecule has 0 amide bonds. The maximum Gasteiger partial charge on any atom is 0.120 e. The molecule has 20 heavy (non-hydrogen) atoms. The minimum absolute atomic E-state index is 0.647. The lowest BCUT2D eigenvalue weighted by molar-refractivity contribution is 0.305. The van der Waals surface area contributed by atoms with E-state index in [0.717, 1.165) is 5.75 Å². The van der Waals surface area contributed by atoms with Crippen molar-refractivity contribution in [1.82, 2.24) is 0 Å². The third kappa shape index (κ3) is 2.76. The van der Waals surface area contributed by atoms with Crippen LogP contribution >= 0.6 is 15.9 Å². The molecular weight excluding hydrogens is 312 g/mol. The van der Waals surface area contributed by atoms with Crippen molar-refractivity contribution in [3.63, 3.8) is 0 Å². The first-order chi connectivity index (χ1) is 9.63. The highest BCUT2D eigenvalue weighted by atomic mass is 79.9. The molecule has 1 aliphatic rings. The summed E-state index contributed by atoms with van der Waals surface area (Å²) in [5, 5.41) is 0. The van der Waals surface area contributed by atoms with Crippen LogP contribution in [0.1, 0.15) is 34.2 Å². The summed E-state index contributed by atoms with van der Waals surface area (Å²) in [5.74, 6) is 0.948. The van der Waals surface area contributed by atoms with Gasteiger partial charge in [0.05, 0.1) is 0 Å². The van der Waals surface area contributed by atoms with E-state index in [1.807, 2.05) is 0 Å². The van der Waals surface area contributed by atoms with Crippen molar-refractivity contribution >= 4 is 15.9 Å². The third-order valence-corrected chi connectivity index (χ3v) is 5.23. The zero-order valence-electron chi connectivity index (χ0n) is 12.0. The molecule has 0 bridgehead atoms. The van der Waals surface area contributed by atoms with Crippen molar-refractivity contribution in [1.29, 1.82) is 0 Å². The Morgan fingerprint density at radius 1 is 1.00 bits per heavy atom. The summed E-state index contributed by atoms with van der Waals surface area (Å²) >= 11 is 3.59. The fraction of sp³-hybridized carbons (Fsp3) is 0.333. The van der Waals surface area contributed by atoms with Gasteiger partial charge in [-0.2, -0.15) is 0 Å². The van der Waals surface area contributed by atoms with Crippen LogP contribution in [0.3, 0.4) is 0 Å². The molecule has 104 valence electrons. The molecule has 1 aliphatic carbocycles. The molecule has 2 aromatic rings. The van der Waals surface area contributed by atoms with E-state index in [1.165, 1.54) is 51.6 Å². The van der Waals surface area contributed by atoms with Crippen molar-refractivity contribution in [2.24, 2.45) is 0 Å². The maximum absolute atomic E-state index is 5.95. The van der Waals surface area contributed by atoms with Crippen molar-refractivity contribution in [3.05, 3.63) is 62.6 Å². The second-order valence-corrected chi connectivity index (χ2v) is 6.41. The van der Waals surface area contributed by atoms with Crippen LogP contribution in [0.5, 0.6) is 5.75 Å². The van der Waals surface area contributed by atoms with Crippen LogP contribution in [-0.4, -0.2) is 0 Å². The van der Waals surface area contributed by atoms with E-state index >= 15 is 0 Å². The van der Waals surface area contributed by atoms with Gasteiger partial charge in [-0.3, -0.25) is 0 Å². The minimum atomic E-state index is 0.647. The van der Waals surface area contributed by atoms with Crippen molar-refractivity contribution in [2.75, 3.05) is 0 Å². The topological polar surface area (TPSA) is 9.23 Å². The van der Waals surface area contributed by atoms with Crippen LogP contribution in [0.2, 0.25) is 0 Å². The van der Waals surface area contributed by atoms with Crippen LogP contribution in [-0.2, 0) is 19.4 Å². The van der Waals surface area contributed by atoms with Gasteiger partial charge in [-0.1, -0.05) is 34.1 Å². The largest absolute Gasteiger partial charge is 0.489 e. The molecule has 0 aliphatic heterocycles. The number of benzene rings is 2. The molecule has 2 aromatic carbocycles. The van der Waals surface area contributed by atoms with E-state index in [1.54, 1.807) is 0 Å². The second-order valence-electron chi connectivity index (χ2n) is 5.62. The number of halogens is 1. The molecule has 1 nitrogen and oxygen atoms in total. The summed E-state index contributed by atoms with van der Waals surface area (Å²) in [7, 11) is 0. The molecular formula is C18H19BrO. The number of hydrogen-bond donors (Lipinski definition) is 0. The van der Waals surface area contributed by atoms with E-state index < -0.39 is 0 Å². The van der Waals surface area contributed by atoms with Gasteiger partial charge >= 0.3 is 0 Å². The van der Waals surface area contributed by atoms with Gasteiger partial charge in [0.15, 0.2) is 0 Å². The highest BCUT2D eigenvalue weighted by Crippen LogP contribution is 2.27. The first kappa shape index (κ1) is 13.7. The Morgan fingerprint density at radius 2 is 1.70 bits per heavy atom. The van der Waals surface area contributed by atoms with Gasteiger partial charge in [0, 0.05) is 4.47 Å². The molecule has 0 heterocycles. The molecule has 0 radical (unpaired) electrons. The molecule has 2 heteroatoms. The quantitative estimate of drug-likeness (QED) is 0.757. The Morgan fingerprint density at radius 3 is 2.45 bits per heavy atom. The van der Waals surface area contributed by atoms with Crippen LogP contribution in [0, 0.1) is 13.8 Å². The Kier molecular flexibility index (Phi) is 3.84. The van der Waals surface area contributed by atoms with E-state index in [9.17, 15) is 0 Å². The van der Waals surface area contributed by atoms with Crippen molar-refractivity contribution in [3.8, 4) is 5.75 Å². The molecule has 0 saturated heterocycles. The van der Waals surface area contributed by atoms with Crippen LogP contribution in [0.15, 0.2) is 34.8 Å². The van der Waals surface area contributed by atoms with Gasteiger partial charge in [-0.05, 0) is 73.1 Å². The normalized spacial score (nSPS) is 13.3. The van der Waals surface area contributed by atoms with Gasteiger partial charge in [0.1, 0.15) is 12.4 Å². The monoisotopic (exact) mass is 330 g/mol. The fourth-order valence-corrected chi connectivity index (χ4v) is 3.10. The SMILES string of the molecule is Cc1cc(OCc2ccc3c(c2)CCC3)cc(C)c1Br. The van der Waals surface area contributed by atoms with Crippen molar-refractivity contribution in [2.45, 2.75) is 39.7 Å². The molecule has 0 spiro atoms. The van der Waals surface area contributed by atoms with E-state index in [0.29, 0.717) is 6.61 Å². The Bertz CT molecular complexity index is 623. The van der Waals surface area contributed by atoms with Crippen LogP contribution in [0.4, 0.5) is 0 Å². The molecule has 0 saturated carbocycles. The number of hydrogen-bond acceptors (Lipinski definition) is 1. The second kappa shape index (κ2) is 5.61. The van der Waals surface area contributed by atoms with E-state index in [-0.39, 0.29) is 0 Å². The highest BCUT2D eigenvalue weighted by molar-refractivity contribution is 9.10. The summed E-state index contributed by atoms with van der Waals surface area (Å²) in [6.45, 7) is 4.84. The summed E-state index contributed by atoms with van der Waals surface area (Å²) in [4.78, 5) is 0. The summed E-state index contributed by atoms with van der Waals surface area (Å²) in [6, 6.07) is 10.9. The average molecular weight is 331 g/mol. The number of rotatable bonds is 3. The average Bonchev–Trinajstić information content (AvgIpc) is 2.89. The van der Waals surface area contributed by atoms with Crippen LogP contribution in [0.25, 0.3) is 0 Å². The molecule has 0 atom stereocenters. The van der Waals surface area contributed by atoms with Crippen LogP contribution < -0.4 is 4.74 Å². The lowest BCUT2D eigenvalue weighted by Crippen LogP contribution is -1.98. The summed E-state index contributed by atoms with van der Waals surface area (Å²) in [5.41, 5.74) is 6.73. The molecule has 0 aromatic heterocycles. The highest BCUT2D eigenvalue weighted by Gasteiger charge is 2.11. The smallest absolute Gasteiger partial charge is 0.120 e. The van der Waals surface area contributed by atoms with Gasteiger partial charge in [0.2, 0.25) is 0 Å². The molecule has 3 rings (SSSR count). The molecule has 0 fully saturated rings. The predicted octanol–water partition coefficient (Wildman–Crippen LogP) is 5.13. The van der Waals surface area contributed by atoms with E-state index in [2.05, 4.69) is 60.1 Å². The first-order valence-corrected chi connectivity index (χ1v) is 7.93. The number of fused-ring (bicyclic) bond motifs is 1. The summed E-state index contributed by atoms with van der Waals surface area (Å²) < 4.78 is 7.12. The van der Waals surface area contributed by atoms with Gasteiger partial charge in [-0.15, -0.1) is 0 Å².